The number of carboxylic acids is 1. The van der Waals surface area contributed by atoms with Gasteiger partial charge in [-0.25, -0.2) is 0 Å². The minimum absolute atomic E-state index is 0.0287. The molecule has 0 aromatic carbocycles. The van der Waals surface area contributed by atoms with Crippen LogP contribution in [0.1, 0.15) is 6.92 Å². The van der Waals surface area contributed by atoms with Crippen molar-refractivity contribution in [3.05, 3.63) is 0 Å². The van der Waals surface area contributed by atoms with E-state index in [1.807, 2.05) is 0 Å². The molecule has 30 atom stereocenters. The van der Waals surface area contributed by atoms with Gasteiger partial charge in [-0.3, -0.25) is 38.7 Å². The standard InChI is InChI=1S/C47H84O31.C14H19N3O8/c1-3-71-46-44(64)34(54)20(24(6-50)77-46)10-69-13-27-36(56)33(53)19(23(5-49)74-27)9-68-16-30-40(60)43(63)41(61)31(76-30)17-72-47-45(65)35(55)21(25(7-51)78-47)11-70-14-28-37(57)32(52)18(22(4-48)73-28)8-67-15-29-39(59)42(62)38(58)26(75-29)12-66-2;18-10(19)5-15(1-3-16-6-11(20)24-12(21)7-16)2-4-17-8-13(22)25-14(23)9-17/h18-65H,3-17H2,1-2H3;1-9H2,(H,18,19)/t18?,19?,20?,21?,22?,23?,24?,25?,26?,27?,28?,29?,30?,31?,32-,33-,34-,35-,36-,37-,38?,39-,40-,41?,42-,43+,44+,45+,46?,47?;/m1./s1. The van der Waals surface area contributed by atoms with E-state index in [9.17, 15) is 116 Å². The van der Waals surface area contributed by atoms with Crippen LogP contribution in [0.2, 0.25) is 0 Å². The number of nitrogens with zero attached hydrogens (tertiary/aromatic N) is 3. The lowest BCUT2D eigenvalue weighted by atomic mass is 9.87. The average molecular weight is 1500 g/mol. The van der Waals surface area contributed by atoms with Crippen LogP contribution in [0.15, 0.2) is 0 Å². The van der Waals surface area contributed by atoms with Crippen molar-refractivity contribution in [1.29, 1.82) is 0 Å². The van der Waals surface area contributed by atoms with Crippen LogP contribution in [0.3, 0.4) is 0 Å². The van der Waals surface area contributed by atoms with Crippen molar-refractivity contribution < 1.29 is 192 Å². The summed E-state index contributed by atoms with van der Waals surface area (Å²) >= 11 is 0. The van der Waals surface area contributed by atoms with Gasteiger partial charge < -0.3 is 168 Å². The molecule has 42 heteroatoms. The topological polar surface area (TPSA) is 618 Å². The van der Waals surface area contributed by atoms with E-state index in [0.717, 1.165) is 0 Å². The van der Waals surface area contributed by atoms with Gasteiger partial charge in [0, 0.05) is 63.6 Å². The van der Waals surface area contributed by atoms with Gasteiger partial charge in [0.1, 0.15) is 97.7 Å². The van der Waals surface area contributed by atoms with Crippen molar-refractivity contribution in [3.63, 3.8) is 0 Å². The van der Waals surface area contributed by atoms with Gasteiger partial charge in [-0.2, -0.15) is 0 Å². The molecular weight excluding hydrogens is 1400 g/mol. The Bertz CT molecular complexity index is 2500. The number of aliphatic hydroxyl groups is 18. The molecule has 596 valence electrons. The van der Waals surface area contributed by atoms with Crippen LogP contribution in [0.5, 0.6) is 0 Å². The summed E-state index contributed by atoms with van der Waals surface area (Å²) in [4.78, 5) is 60.7. The summed E-state index contributed by atoms with van der Waals surface area (Å²) in [6.07, 6.45) is -37.0. The lowest BCUT2D eigenvalue weighted by molar-refractivity contribution is -0.311. The lowest BCUT2D eigenvalue weighted by Gasteiger charge is -2.45. The molecule has 0 amide bonds. The smallest absolute Gasteiger partial charge is 0.327 e. The quantitative estimate of drug-likeness (QED) is 0.0207. The average Bonchev–Trinajstić information content (AvgIpc) is 0.796. The van der Waals surface area contributed by atoms with E-state index in [1.54, 1.807) is 21.6 Å². The molecular formula is C61H103N3O39. The second kappa shape index (κ2) is 41.8. The third-order valence-electron chi connectivity index (χ3n) is 19.2. The first-order valence-electron chi connectivity index (χ1n) is 33.9. The number of hydrogen-bond donors (Lipinski definition) is 19. The van der Waals surface area contributed by atoms with E-state index in [0.29, 0.717) is 26.2 Å². The second-order valence-corrected chi connectivity index (χ2v) is 26.4. The van der Waals surface area contributed by atoms with Gasteiger partial charge in [-0.15, -0.1) is 0 Å². The highest BCUT2D eigenvalue weighted by Gasteiger charge is 2.52. The Morgan fingerprint density at radius 1 is 0.379 bits per heavy atom. The first kappa shape index (κ1) is 86.6. The van der Waals surface area contributed by atoms with Crippen LogP contribution in [0.25, 0.3) is 0 Å². The molecule has 8 aliphatic heterocycles. The molecule has 8 heterocycles. The molecule has 103 heavy (non-hydrogen) atoms. The van der Waals surface area contributed by atoms with E-state index in [4.69, 9.17) is 66.7 Å². The van der Waals surface area contributed by atoms with Crippen molar-refractivity contribution in [3.8, 4) is 0 Å². The van der Waals surface area contributed by atoms with Gasteiger partial charge in [-0.05, 0) is 6.92 Å². The summed E-state index contributed by atoms with van der Waals surface area (Å²) in [6.45, 7) is -3.48. The summed E-state index contributed by atoms with van der Waals surface area (Å²) < 4.78 is 82.0. The first-order valence-corrected chi connectivity index (χ1v) is 33.9. The third kappa shape index (κ3) is 23.5. The Morgan fingerprint density at radius 2 is 0.660 bits per heavy atom. The highest BCUT2D eigenvalue weighted by Crippen LogP contribution is 2.34. The van der Waals surface area contributed by atoms with E-state index in [2.05, 4.69) is 9.47 Å². The largest absolute Gasteiger partial charge is 0.480 e. The second-order valence-electron chi connectivity index (χ2n) is 26.4. The van der Waals surface area contributed by atoms with E-state index >= 15 is 0 Å². The number of carbonyl (C=O) groups excluding carboxylic acids is 4. The zero-order chi connectivity index (χ0) is 75.5. The number of rotatable bonds is 35. The molecule has 0 saturated carbocycles. The van der Waals surface area contributed by atoms with Crippen LogP contribution in [-0.4, -0.2) is 466 Å². The van der Waals surface area contributed by atoms with E-state index < -0.39 is 272 Å². The monoisotopic (exact) mass is 1500 g/mol. The maximum atomic E-state index is 11.2. The number of carbonyl (C=O) groups is 5. The van der Waals surface area contributed by atoms with Gasteiger partial charge in [0.25, 0.3) is 0 Å². The van der Waals surface area contributed by atoms with Crippen LogP contribution >= 0.6 is 0 Å². The van der Waals surface area contributed by atoms with Crippen molar-refractivity contribution in [1.82, 2.24) is 14.7 Å². The third-order valence-corrected chi connectivity index (χ3v) is 19.2. The van der Waals surface area contributed by atoms with Gasteiger partial charge in [0.2, 0.25) is 0 Å². The van der Waals surface area contributed by atoms with Crippen molar-refractivity contribution in [2.75, 3.05) is 165 Å². The SMILES string of the molecule is CCOC1OC(CO)C(COCC2OC(CO)C(COCC3OC(COC4OC(CO)C(COCC5OC(CO)C(COCC6OC(COC)C(O)[C@@H](O)[C@@H]6O)[C@@H](O)[C@@H]5O)[C@@H](O)[C@@H]4O)C(O)[C@@H](O)[C@@H]3O)[C@@H](O)[C@@H]2O)[C@@H](O)[C@@H]1O.O=C(O)CN(CCN1CC(=O)OC(=O)C1)CCN1CC(=O)OC(=O)C1. The van der Waals surface area contributed by atoms with Crippen molar-refractivity contribution >= 4 is 29.8 Å². The van der Waals surface area contributed by atoms with Gasteiger partial charge >= 0.3 is 29.8 Å². The van der Waals surface area contributed by atoms with E-state index in [1.165, 1.54) is 7.11 Å². The molecule has 8 fully saturated rings. The molecule has 18 unspecified atom stereocenters. The fraction of sp³-hybridized carbons (Fsp3) is 0.918. The van der Waals surface area contributed by atoms with Gasteiger partial charge in [-0.1, -0.05) is 0 Å². The van der Waals surface area contributed by atoms with Crippen molar-refractivity contribution in [2.45, 2.75) is 166 Å². The molecule has 8 aliphatic rings. The summed E-state index contributed by atoms with van der Waals surface area (Å²) in [5.74, 6) is -7.65. The summed E-state index contributed by atoms with van der Waals surface area (Å²) in [5.41, 5.74) is 0. The van der Waals surface area contributed by atoms with Crippen LogP contribution in [0.4, 0.5) is 0 Å². The normalized spacial score (nSPS) is 40.8. The number of morpholine rings is 2. The number of cyclic esters (lactones) is 4. The maximum Gasteiger partial charge on any atom is 0.327 e. The Hall–Kier alpha value is -3.61. The summed E-state index contributed by atoms with van der Waals surface area (Å²) in [7, 11) is 1.36. The Balaban J connectivity index is 0.000000498. The number of methoxy groups -OCH3 is 1. The molecule has 0 spiro atoms. The number of aliphatic hydroxyl groups excluding tert-OH is 18. The van der Waals surface area contributed by atoms with E-state index in [-0.39, 0.29) is 72.4 Å². The van der Waals surface area contributed by atoms with Crippen molar-refractivity contribution in [2.24, 2.45) is 23.7 Å². The molecule has 42 nitrogen and oxygen atoms in total. The predicted molar refractivity (Wildman–Crippen MR) is 330 cm³/mol. The molecule has 0 aromatic heterocycles. The van der Waals surface area contributed by atoms with Gasteiger partial charge in [0.15, 0.2) is 12.6 Å². The highest BCUT2D eigenvalue weighted by atomic mass is 16.7. The predicted octanol–water partition coefficient (Wildman–Crippen LogP) is -14.1. The molecule has 0 radical (unpaired) electrons. The van der Waals surface area contributed by atoms with Crippen LogP contribution in [-0.2, 0) is 95.0 Å². The fourth-order valence-corrected chi connectivity index (χ4v) is 13.2. The lowest BCUT2D eigenvalue weighted by Crippen LogP contribution is -2.61. The number of aliphatic carboxylic acids is 1. The Labute approximate surface area is 589 Å². The van der Waals surface area contributed by atoms with Crippen LogP contribution < -0.4 is 0 Å². The minimum Gasteiger partial charge on any atom is -0.480 e. The van der Waals surface area contributed by atoms with Gasteiger partial charge in [0.05, 0.1) is 174 Å². The number of carboxylic acid groups (broad SMARTS) is 1. The first-order chi connectivity index (χ1) is 49.1. The molecule has 8 rings (SSSR count). The molecule has 19 N–H and O–H groups in total. The Morgan fingerprint density at radius 3 is 0.971 bits per heavy atom. The number of ether oxygens (including phenoxy) is 15. The summed E-state index contributed by atoms with van der Waals surface area (Å²) in [6, 6.07) is 0. The fourth-order valence-electron chi connectivity index (χ4n) is 13.2. The Kier molecular flexibility index (Phi) is 35.2. The maximum absolute atomic E-state index is 11.2. The molecule has 0 aliphatic carbocycles. The zero-order valence-corrected chi connectivity index (χ0v) is 56.8. The zero-order valence-electron chi connectivity index (χ0n) is 56.8. The summed E-state index contributed by atoms with van der Waals surface area (Å²) in [5, 5.41) is 200. The molecule has 0 bridgehead atoms. The molecule has 0 aromatic rings. The van der Waals surface area contributed by atoms with Crippen LogP contribution in [0, 0.1) is 23.7 Å². The highest BCUT2D eigenvalue weighted by molar-refractivity contribution is 5.90. The molecule has 8 saturated heterocycles. The number of esters is 4. The number of hydrogen-bond acceptors (Lipinski definition) is 41. The minimum atomic E-state index is -1.83.